The normalized spacial score (nSPS) is 11.2. The van der Waals surface area contributed by atoms with Crippen LogP contribution in [0.1, 0.15) is 0 Å². The van der Waals surface area contributed by atoms with Crippen LogP contribution in [0.2, 0.25) is 0 Å². The summed E-state index contributed by atoms with van der Waals surface area (Å²) in [5.41, 5.74) is 0.819. The Bertz CT molecular complexity index is 506. The van der Waals surface area contributed by atoms with Crippen molar-refractivity contribution >= 4 is 35.1 Å². The molecule has 0 aliphatic rings. The molecule has 0 N–H and O–H groups in total. The minimum absolute atomic E-state index is 0.688. The second-order valence-corrected chi connectivity index (χ2v) is 8.37. The van der Waals surface area contributed by atoms with Crippen LogP contribution in [-0.4, -0.2) is 9.78 Å². The molecule has 0 saturated heterocycles. The second kappa shape index (κ2) is 5.02. The van der Waals surface area contributed by atoms with Gasteiger partial charge in [0, 0.05) is 0 Å². The third-order valence-electron chi connectivity index (χ3n) is 1.83. The molecular formula is C10H7Cl2NORu. The van der Waals surface area contributed by atoms with Gasteiger partial charge in [-0.05, 0) is 0 Å². The Balaban J connectivity index is 2.47. The first-order valence-electron chi connectivity index (χ1n) is 4.09. The number of pyridine rings is 1. The summed E-state index contributed by atoms with van der Waals surface area (Å²) < 4.78 is 5.39. The summed E-state index contributed by atoms with van der Waals surface area (Å²) in [7, 11) is 11.4. The third kappa shape index (κ3) is 2.75. The van der Waals surface area contributed by atoms with E-state index >= 15 is 0 Å². The van der Waals surface area contributed by atoms with Gasteiger partial charge in [-0.3, -0.25) is 0 Å². The number of ether oxygens (including phenoxy) is 1. The SMILES string of the molecule is [Cl][Ru]([Cl])=[CH]Oc1cccc2cccnc12. The van der Waals surface area contributed by atoms with Gasteiger partial charge in [-0.2, -0.15) is 0 Å². The van der Waals surface area contributed by atoms with E-state index < -0.39 is 13.5 Å². The van der Waals surface area contributed by atoms with Crippen molar-refractivity contribution in [2.45, 2.75) is 0 Å². The number of hydrogen-bond donors (Lipinski definition) is 0. The van der Waals surface area contributed by atoms with E-state index in [4.69, 9.17) is 24.1 Å². The standard InChI is InChI=1S/C10H7NO.2ClH.Ru/c1-12-9-6-2-4-8-5-3-7-11-10(8)9;;;/h1-7H;2*1H;/q;;;+2/p-2. The molecule has 0 spiro atoms. The van der Waals surface area contributed by atoms with Crippen molar-refractivity contribution in [3.05, 3.63) is 36.5 Å². The first-order valence-corrected chi connectivity index (χ1v) is 9.57. The van der Waals surface area contributed by atoms with E-state index in [1.54, 1.807) is 6.20 Å². The fourth-order valence-electron chi connectivity index (χ4n) is 1.25. The number of fused-ring (bicyclic) bond motifs is 1. The molecule has 0 fully saturated rings. The number of rotatable bonds is 2. The summed E-state index contributed by atoms with van der Waals surface area (Å²) in [6.07, 6.45) is 1.73. The fraction of sp³-hybridized carbons (Fsp3) is 0. The summed E-state index contributed by atoms with van der Waals surface area (Å²) in [5.74, 6) is 0.688. The first kappa shape index (κ1) is 11.0. The van der Waals surface area contributed by atoms with Crippen molar-refractivity contribution in [2.24, 2.45) is 0 Å². The van der Waals surface area contributed by atoms with E-state index in [2.05, 4.69) is 4.98 Å². The van der Waals surface area contributed by atoms with Crippen LogP contribution in [-0.2, 0) is 13.5 Å². The Labute approximate surface area is 100 Å². The Morgan fingerprint density at radius 2 is 2.00 bits per heavy atom. The summed E-state index contributed by atoms with van der Waals surface area (Å²) in [6.45, 7) is 0. The summed E-state index contributed by atoms with van der Waals surface area (Å²) in [5, 5.41) is 1.03. The van der Waals surface area contributed by atoms with Gasteiger partial charge < -0.3 is 0 Å². The van der Waals surface area contributed by atoms with Crippen LogP contribution >= 0.6 is 19.4 Å². The van der Waals surface area contributed by atoms with Crippen LogP contribution in [0.25, 0.3) is 10.9 Å². The molecule has 1 aromatic carbocycles. The zero-order valence-corrected chi connectivity index (χ0v) is 10.8. The zero-order chi connectivity index (χ0) is 10.7. The topological polar surface area (TPSA) is 22.1 Å². The quantitative estimate of drug-likeness (QED) is 0.789. The molecule has 80 valence electrons. The molecule has 2 aromatic rings. The van der Waals surface area contributed by atoms with Gasteiger partial charge in [-0.15, -0.1) is 0 Å². The van der Waals surface area contributed by atoms with Crippen LogP contribution in [0.3, 0.4) is 0 Å². The third-order valence-corrected chi connectivity index (χ3v) is 3.09. The van der Waals surface area contributed by atoms with E-state index in [9.17, 15) is 0 Å². The molecule has 0 amide bonds. The number of nitrogens with zero attached hydrogens (tertiary/aromatic N) is 1. The minimum atomic E-state index is -1.89. The van der Waals surface area contributed by atoms with E-state index in [1.807, 2.05) is 30.3 Å². The van der Waals surface area contributed by atoms with E-state index in [-0.39, 0.29) is 0 Å². The van der Waals surface area contributed by atoms with Crippen molar-refractivity contribution in [3.63, 3.8) is 0 Å². The molecule has 2 rings (SSSR count). The van der Waals surface area contributed by atoms with Crippen LogP contribution in [0.4, 0.5) is 0 Å². The van der Waals surface area contributed by atoms with Gasteiger partial charge in [0.1, 0.15) is 0 Å². The van der Waals surface area contributed by atoms with Gasteiger partial charge in [0.2, 0.25) is 0 Å². The van der Waals surface area contributed by atoms with Gasteiger partial charge in [-0.25, -0.2) is 0 Å². The molecule has 0 bridgehead atoms. The van der Waals surface area contributed by atoms with Gasteiger partial charge in [0.05, 0.1) is 0 Å². The zero-order valence-electron chi connectivity index (χ0n) is 7.51. The van der Waals surface area contributed by atoms with Crippen LogP contribution in [0.5, 0.6) is 5.75 Å². The molecule has 2 nitrogen and oxygen atoms in total. The number of benzene rings is 1. The summed E-state index contributed by atoms with van der Waals surface area (Å²) >= 11 is -1.89. The molecule has 0 aliphatic carbocycles. The van der Waals surface area contributed by atoms with Crippen molar-refractivity contribution in [1.82, 2.24) is 4.98 Å². The Kier molecular flexibility index (Phi) is 3.68. The molecule has 0 radical (unpaired) electrons. The monoisotopic (exact) mass is 329 g/mol. The van der Waals surface area contributed by atoms with Gasteiger partial charge >= 0.3 is 101 Å². The Morgan fingerprint density at radius 3 is 2.80 bits per heavy atom. The predicted octanol–water partition coefficient (Wildman–Crippen LogP) is 3.30. The van der Waals surface area contributed by atoms with Crippen molar-refractivity contribution in [1.29, 1.82) is 0 Å². The first-order chi connectivity index (χ1) is 7.27. The van der Waals surface area contributed by atoms with E-state index in [0.29, 0.717) is 5.75 Å². The van der Waals surface area contributed by atoms with Crippen LogP contribution < -0.4 is 4.74 Å². The average molecular weight is 329 g/mol. The molecule has 15 heavy (non-hydrogen) atoms. The second-order valence-electron chi connectivity index (χ2n) is 2.74. The van der Waals surface area contributed by atoms with Crippen molar-refractivity contribution in [3.8, 4) is 5.75 Å². The van der Waals surface area contributed by atoms with E-state index in [0.717, 1.165) is 10.9 Å². The maximum absolute atomic E-state index is 5.69. The molecule has 0 atom stereocenters. The molecule has 1 heterocycles. The van der Waals surface area contributed by atoms with Crippen LogP contribution in [0, 0.1) is 0 Å². The molecule has 5 heteroatoms. The van der Waals surface area contributed by atoms with Gasteiger partial charge in [-0.1, -0.05) is 0 Å². The van der Waals surface area contributed by atoms with Crippen LogP contribution in [0.15, 0.2) is 36.5 Å². The Morgan fingerprint density at radius 1 is 1.20 bits per heavy atom. The number of para-hydroxylation sites is 1. The predicted molar refractivity (Wildman–Crippen MR) is 60.1 cm³/mol. The molecule has 0 unspecified atom stereocenters. The number of halogens is 2. The van der Waals surface area contributed by atoms with Crippen molar-refractivity contribution in [2.75, 3.05) is 0 Å². The number of hydrogen-bond acceptors (Lipinski definition) is 2. The Hall–Kier alpha value is -0.497. The summed E-state index contributed by atoms with van der Waals surface area (Å²) in [6, 6.07) is 9.60. The molecule has 1 aromatic heterocycles. The molecular weight excluding hydrogens is 322 g/mol. The van der Waals surface area contributed by atoms with Gasteiger partial charge in [0.15, 0.2) is 0 Å². The maximum atomic E-state index is 5.69. The van der Waals surface area contributed by atoms with E-state index in [1.165, 1.54) is 4.80 Å². The van der Waals surface area contributed by atoms with Gasteiger partial charge in [0.25, 0.3) is 0 Å². The average Bonchev–Trinajstić information content (AvgIpc) is 2.26. The number of aromatic nitrogens is 1. The molecule has 0 saturated carbocycles. The fourth-order valence-corrected chi connectivity index (χ4v) is 2.00. The molecule has 0 aliphatic heterocycles. The summed E-state index contributed by atoms with van der Waals surface area (Å²) in [4.78, 5) is 5.74. The van der Waals surface area contributed by atoms with Crippen molar-refractivity contribution < 1.29 is 18.3 Å².